The van der Waals surface area contributed by atoms with Gasteiger partial charge in [0.2, 0.25) is 0 Å². The molecule has 2 aromatic carbocycles. The van der Waals surface area contributed by atoms with E-state index in [4.69, 9.17) is 10.5 Å². The van der Waals surface area contributed by atoms with Gasteiger partial charge in [-0.3, -0.25) is 9.58 Å². The molecule has 3 aromatic rings. The highest BCUT2D eigenvalue weighted by Gasteiger charge is 2.39. The summed E-state index contributed by atoms with van der Waals surface area (Å²) in [7, 11) is 0. The highest BCUT2D eigenvalue weighted by molar-refractivity contribution is 6.02. The first-order valence-electron chi connectivity index (χ1n) is 9.32. The topological polar surface area (TPSA) is 73.4 Å². The Labute approximate surface area is 162 Å². The Balaban J connectivity index is 1.90. The van der Waals surface area contributed by atoms with Gasteiger partial charge in [-0.1, -0.05) is 12.1 Å². The molecule has 2 amide bonds. The van der Waals surface area contributed by atoms with Crippen LogP contribution in [-0.4, -0.2) is 21.4 Å². The maximum atomic E-state index is 13.8. The van der Waals surface area contributed by atoms with E-state index in [1.54, 1.807) is 17.2 Å². The number of hydrogen-bond donors (Lipinski definition) is 1. The standard InChI is InChI=1S/C21H23FN4O2/c1-4-25-16-6-5-7-17(15(16)12-24-25)26(20(23)27)18-11-21(2,3)28-19-10-13(22)8-9-14(18)19/h5-10,12,18H,4,11H2,1-3H3,(H2,23,27). The zero-order valence-corrected chi connectivity index (χ0v) is 16.1. The Morgan fingerprint density at radius 1 is 1.39 bits per heavy atom. The number of primary amides is 1. The quantitative estimate of drug-likeness (QED) is 0.730. The number of hydrogen-bond acceptors (Lipinski definition) is 3. The number of urea groups is 1. The van der Waals surface area contributed by atoms with E-state index < -0.39 is 11.6 Å². The van der Waals surface area contributed by atoms with Crippen molar-refractivity contribution in [2.45, 2.75) is 45.4 Å². The maximum absolute atomic E-state index is 13.8. The lowest BCUT2D eigenvalue weighted by Gasteiger charge is -2.42. The fourth-order valence-electron chi connectivity index (χ4n) is 4.01. The third kappa shape index (κ3) is 2.96. The van der Waals surface area contributed by atoms with E-state index in [0.29, 0.717) is 17.9 Å². The fourth-order valence-corrected chi connectivity index (χ4v) is 4.01. The van der Waals surface area contributed by atoms with E-state index in [2.05, 4.69) is 5.10 Å². The zero-order valence-electron chi connectivity index (χ0n) is 16.1. The smallest absolute Gasteiger partial charge is 0.319 e. The van der Waals surface area contributed by atoms with Gasteiger partial charge in [-0.15, -0.1) is 0 Å². The molecule has 6 nitrogen and oxygen atoms in total. The summed E-state index contributed by atoms with van der Waals surface area (Å²) in [6.45, 7) is 6.57. The molecular weight excluding hydrogens is 359 g/mol. The molecule has 0 saturated carbocycles. The third-order valence-electron chi connectivity index (χ3n) is 5.18. The van der Waals surface area contributed by atoms with Gasteiger partial charge in [0, 0.05) is 30.0 Å². The van der Waals surface area contributed by atoms with Gasteiger partial charge in [0.15, 0.2) is 0 Å². The van der Waals surface area contributed by atoms with E-state index in [1.165, 1.54) is 12.1 Å². The minimum absolute atomic E-state index is 0.382. The molecule has 0 saturated heterocycles. The van der Waals surface area contributed by atoms with Gasteiger partial charge in [0.1, 0.15) is 17.2 Å². The van der Waals surface area contributed by atoms with Crippen LogP contribution in [0.2, 0.25) is 0 Å². The molecule has 0 spiro atoms. The van der Waals surface area contributed by atoms with Crippen LogP contribution >= 0.6 is 0 Å². The number of rotatable bonds is 3. The monoisotopic (exact) mass is 382 g/mol. The number of aryl methyl sites for hydroxylation is 1. The first kappa shape index (κ1) is 18.3. The maximum Gasteiger partial charge on any atom is 0.319 e. The van der Waals surface area contributed by atoms with Crippen LogP contribution < -0.4 is 15.4 Å². The summed E-state index contributed by atoms with van der Waals surface area (Å²) in [5.41, 5.74) is 7.61. The number of amides is 2. The van der Waals surface area contributed by atoms with Crippen LogP contribution in [0, 0.1) is 5.82 Å². The van der Waals surface area contributed by atoms with Crippen LogP contribution in [0.1, 0.15) is 38.8 Å². The van der Waals surface area contributed by atoms with Crippen molar-refractivity contribution in [2.24, 2.45) is 5.73 Å². The Kier molecular flexibility index (Phi) is 4.25. The van der Waals surface area contributed by atoms with Crippen LogP contribution in [0.5, 0.6) is 5.75 Å². The molecule has 1 atom stereocenters. The second-order valence-corrected chi connectivity index (χ2v) is 7.64. The summed E-state index contributed by atoms with van der Waals surface area (Å²) in [6.07, 6.45) is 2.27. The molecule has 1 aromatic heterocycles. The summed E-state index contributed by atoms with van der Waals surface area (Å²) in [6, 6.07) is 9.16. The lowest BCUT2D eigenvalue weighted by atomic mass is 9.88. The SMILES string of the molecule is CCn1ncc2c(N(C(N)=O)C3CC(C)(C)Oc4cc(F)ccc43)cccc21. The van der Waals surface area contributed by atoms with Crippen LogP contribution in [0.15, 0.2) is 42.6 Å². The predicted molar refractivity (Wildman–Crippen MR) is 106 cm³/mol. The second kappa shape index (κ2) is 6.51. The van der Waals surface area contributed by atoms with Gasteiger partial charge in [-0.25, -0.2) is 9.18 Å². The third-order valence-corrected chi connectivity index (χ3v) is 5.18. The highest BCUT2D eigenvalue weighted by atomic mass is 19.1. The average Bonchev–Trinajstić information content (AvgIpc) is 3.04. The highest BCUT2D eigenvalue weighted by Crippen LogP contribution is 2.45. The number of nitrogens with zero attached hydrogens (tertiary/aromatic N) is 3. The van der Waals surface area contributed by atoms with Crippen molar-refractivity contribution in [3.63, 3.8) is 0 Å². The first-order valence-corrected chi connectivity index (χ1v) is 9.32. The number of nitrogens with two attached hydrogens (primary N) is 1. The van der Waals surface area contributed by atoms with Crippen molar-refractivity contribution in [1.29, 1.82) is 0 Å². The molecule has 1 aliphatic heterocycles. The summed E-state index contributed by atoms with van der Waals surface area (Å²) < 4.78 is 21.7. The molecule has 146 valence electrons. The summed E-state index contributed by atoms with van der Waals surface area (Å²) in [5.74, 6) is 0.0519. The number of fused-ring (bicyclic) bond motifs is 2. The molecule has 28 heavy (non-hydrogen) atoms. The number of carbonyl (C=O) groups excluding carboxylic acids is 1. The van der Waals surface area contributed by atoms with Crippen molar-refractivity contribution in [2.75, 3.05) is 4.90 Å². The van der Waals surface area contributed by atoms with Gasteiger partial charge in [0.25, 0.3) is 0 Å². The molecular formula is C21H23FN4O2. The average molecular weight is 382 g/mol. The zero-order chi connectivity index (χ0) is 20.1. The van der Waals surface area contributed by atoms with Gasteiger partial charge in [0.05, 0.1) is 23.4 Å². The van der Waals surface area contributed by atoms with Crippen LogP contribution in [0.3, 0.4) is 0 Å². The lowest BCUT2D eigenvalue weighted by molar-refractivity contribution is 0.0719. The summed E-state index contributed by atoms with van der Waals surface area (Å²) in [4.78, 5) is 14.2. The minimum Gasteiger partial charge on any atom is -0.487 e. The number of benzene rings is 2. The van der Waals surface area contributed by atoms with E-state index in [-0.39, 0.29) is 11.9 Å². The Bertz CT molecular complexity index is 1060. The predicted octanol–water partition coefficient (Wildman–Crippen LogP) is 4.38. The minimum atomic E-state index is -0.583. The van der Waals surface area contributed by atoms with Gasteiger partial charge in [-0.2, -0.15) is 5.10 Å². The normalized spacial score (nSPS) is 17.8. The molecule has 4 rings (SSSR count). The molecule has 1 unspecified atom stereocenters. The molecule has 0 aliphatic carbocycles. The molecule has 0 radical (unpaired) electrons. The van der Waals surface area contributed by atoms with Crippen molar-refractivity contribution >= 4 is 22.6 Å². The van der Waals surface area contributed by atoms with Crippen LogP contribution in [0.4, 0.5) is 14.9 Å². The summed E-state index contributed by atoms with van der Waals surface area (Å²) >= 11 is 0. The van der Waals surface area contributed by atoms with Crippen molar-refractivity contribution < 1.29 is 13.9 Å². The number of carbonyl (C=O) groups is 1. The van der Waals surface area contributed by atoms with Gasteiger partial charge >= 0.3 is 6.03 Å². The molecule has 7 heteroatoms. The summed E-state index contributed by atoms with van der Waals surface area (Å²) in [5, 5.41) is 5.25. The molecule has 1 aliphatic rings. The Morgan fingerprint density at radius 2 is 2.18 bits per heavy atom. The largest absolute Gasteiger partial charge is 0.487 e. The lowest BCUT2D eigenvalue weighted by Crippen LogP contribution is -2.46. The van der Waals surface area contributed by atoms with E-state index in [9.17, 15) is 9.18 Å². The van der Waals surface area contributed by atoms with Crippen molar-refractivity contribution in [3.05, 3.63) is 54.0 Å². The van der Waals surface area contributed by atoms with Gasteiger partial charge in [-0.05, 0) is 39.0 Å². The first-order chi connectivity index (χ1) is 13.3. The number of aromatic nitrogens is 2. The Hall–Kier alpha value is -3.09. The van der Waals surface area contributed by atoms with Crippen molar-refractivity contribution in [3.8, 4) is 5.75 Å². The number of halogens is 1. The van der Waals surface area contributed by atoms with Crippen molar-refractivity contribution in [1.82, 2.24) is 9.78 Å². The molecule has 2 N–H and O–H groups in total. The number of ether oxygens (including phenoxy) is 1. The van der Waals surface area contributed by atoms with E-state index >= 15 is 0 Å². The van der Waals surface area contributed by atoms with E-state index in [1.807, 2.05) is 43.7 Å². The Morgan fingerprint density at radius 3 is 2.89 bits per heavy atom. The van der Waals surface area contributed by atoms with E-state index in [0.717, 1.165) is 23.0 Å². The molecule has 0 fully saturated rings. The molecule has 0 bridgehead atoms. The van der Waals surface area contributed by atoms with Crippen LogP contribution in [0.25, 0.3) is 10.9 Å². The number of anilines is 1. The second-order valence-electron chi connectivity index (χ2n) is 7.64. The van der Waals surface area contributed by atoms with Gasteiger partial charge < -0.3 is 10.5 Å². The molecule has 2 heterocycles. The van der Waals surface area contributed by atoms with Crippen LogP contribution in [-0.2, 0) is 6.54 Å². The fraction of sp³-hybridized carbons (Fsp3) is 0.333.